The summed E-state index contributed by atoms with van der Waals surface area (Å²) in [6.45, 7) is 6.35. The van der Waals surface area contributed by atoms with Gasteiger partial charge in [0.1, 0.15) is 0 Å². The van der Waals surface area contributed by atoms with Gasteiger partial charge in [0.05, 0.1) is 18.6 Å². The van der Waals surface area contributed by atoms with E-state index in [1.807, 2.05) is 0 Å². The molecule has 0 aliphatic rings. The van der Waals surface area contributed by atoms with Gasteiger partial charge >= 0.3 is 5.97 Å². The monoisotopic (exact) mass is 275 g/mol. The predicted molar refractivity (Wildman–Crippen MR) is 70.7 cm³/mol. The highest BCUT2D eigenvalue weighted by Gasteiger charge is 2.38. The highest BCUT2D eigenvalue weighted by Crippen LogP contribution is 2.31. The standard InChI is InChI=1S/C13H25NO5/c1-10(2)13(3,12(17)18)9-11(16)14-5-4-7-19-8-6-15/h10,15H,4-9H2,1-3H3,(H,14,16)(H,17,18). The number of aliphatic carboxylic acids is 1. The van der Waals surface area contributed by atoms with E-state index in [1.54, 1.807) is 20.8 Å². The fraction of sp³-hybridized carbons (Fsp3) is 0.846. The Morgan fingerprint density at radius 1 is 1.32 bits per heavy atom. The van der Waals surface area contributed by atoms with E-state index in [-0.39, 0.29) is 24.9 Å². The summed E-state index contributed by atoms with van der Waals surface area (Å²) in [7, 11) is 0. The number of carboxylic acids is 1. The first-order valence-corrected chi connectivity index (χ1v) is 6.53. The maximum absolute atomic E-state index is 11.7. The lowest BCUT2D eigenvalue weighted by molar-refractivity contribution is -0.153. The summed E-state index contributed by atoms with van der Waals surface area (Å²) in [6, 6.07) is 0. The van der Waals surface area contributed by atoms with Crippen molar-refractivity contribution in [3.8, 4) is 0 Å². The van der Waals surface area contributed by atoms with Crippen LogP contribution in [0.2, 0.25) is 0 Å². The van der Waals surface area contributed by atoms with Crippen molar-refractivity contribution in [2.45, 2.75) is 33.6 Å². The van der Waals surface area contributed by atoms with Crippen molar-refractivity contribution in [2.75, 3.05) is 26.4 Å². The van der Waals surface area contributed by atoms with E-state index < -0.39 is 11.4 Å². The molecule has 0 rings (SSSR count). The van der Waals surface area contributed by atoms with Crippen LogP contribution in [0.15, 0.2) is 0 Å². The third-order valence-electron chi connectivity index (χ3n) is 3.31. The van der Waals surface area contributed by atoms with Gasteiger partial charge in [-0.1, -0.05) is 13.8 Å². The molecular weight excluding hydrogens is 250 g/mol. The van der Waals surface area contributed by atoms with E-state index in [2.05, 4.69) is 5.32 Å². The number of amides is 1. The number of nitrogens with one attached hydrogen (secondary N) is 1. The van der Waals surface area contributed by atoms with Crippen LogP contribution in [0.5, 0.6) is 0 Å². The average molecular weight is 275 g/mol. The summed E-state index contributed by atoms with van der Waals surface area (Å²) in [5.41, 5.74) is -1.04. The van der Waals surface area contributed by atoms with Crippen LogP contribution in [0.1, 0.15) is 33.6 Å². The second-order valence-corrected chi connectivity index (χ2v) is 5.09. The number of carbonyl (C=O) groups excluding carboxylic acids is 1. The smallest absolute Gasteiger partial charge is 0.310 e. The van der Waals surface area contributed by atoms with E-state index in [0.717, 1.165) is 0 Å². The van der Waals surface area contributed by atoms with E-state index >= 15 is 0 Å². The summed E-state index contributed by atoms with van der Waals surface area (Å²) in [5, 5.41) is 20.4. The Morgan fingerprint density at radius 3 is 2.42 bits per heavy atom. The summed E-state index contributed by atoms with van der Waals surface area (Å²) in [5.74, 6) is -1.34. The minimum Gasteiger partial charge on any atom is -0.481 e. The summed E-state index contributed by atoms with van der Waals surface area (Å²) in [4.78, 5) is 22.9. The summed E-state index contributed by atoms with van der Waals surface area (Å²) >= 11 is 0. The topological polar surface area (TPSA) is 95.9 Å². The van der Waals surface area contributed by atoms with Crippen molar-refractivity contribution in [1.82, 2.24) is 5.32 Å². The Labute approximate surface area is 114 Å². The van der Waals surface area contributed by atoms with Gasteiger partial charge in [0.15, 0.2) is 0 Å². The number of carbonyl (C=O) groups is 2. The third-order valence-corrected chi connectivity index (χ3v) is 3.31. The van der Waals surface area contributed by atoms with Crippen molar-refractivity contribution >= 4 is 11.9 Å². The van der Waals surface area contributed by atoms with E-state index in [0.29, 0.717) is 26.2 Å². The zero-order chi connectivity index (χ0) is 14.9. The molecule has 0 aliphatic carbocycles. The van der Waals surface area contributed by atoms with E-state index in [4.69, 9.17) is 9.84 Å². The first kappa shape index (κ1) is 17.9. The lowest BCUT2D eigenvalue weighted by Gasteiger charge is -2.28. The van der Waals surface area contributed by atoms with Gasteiger partial charge < -0.3 is 20.3 Å². The fourth-order valence-corrected chi connectivity index (χ4v) is 1.49. The normalized spacial score (nSPS) is 14.2. The Hall–Kier alpha value is -1.14. The number of carboxylic acid groups (broad SMARTS) is 1. The predicted octanol–water partition coefficient (Wildman–Crippen LogP) is 0.639. The van der Waals surface area contributed by atoms with Crippen LogP contribution in [-0.4, -0.2) is 48.5 Å². The van der Waals surface area contributed by atoms with E-state index in [1.165, 1.54) is 0 Å². The van der Waals surface area contributed by atoms with E-state index in [9.17, 15) is 14.7 Å². The largest absolute Gasteiger partial charge is 0.481 e. The number of hydrogen-bond donors (Lipinski definition) is 3. The molecule has 6 heteroatoms. The van der Waals surface area contributed by atoms with Gasteiger partial charge in [-0.05, 0) is 19.3 Å². The molecule has 112 valence electrons. The number of aliphatic hydroxyl groups excluding tert-OH is 1. The zero-order valence-corrected chi connectivity index (χ0v) is 11.9. The maximum Gasteiger partial charge on any atom is 0.310 e. The minimum absolute atomic E-state index is 0.0162. The highest BCUT2D eigenvalue weighted by molar-refractivity contribution is 5.84. The molecule has 1 atom stereocenters. The van der Waals surface area contributed by atoms with Crippen LogP contribution in [-0.2, 0) is 14.3 Å². The van der Waals surface area contributed by atoms with Gasteiger partial charge in [0, 0.05) is 19.6 Å². The molecule has 0 heterocycles. The molecule has 0 saturated heterocycles. The number of rotatable bonds is 10. The lowest BCUT2D eigenvalue weighted by atomic mass is 9.76. The molecule has 0 aromatic carbocycles. The first-order chi connectivity index (χ1) is 8.84. The van der Waals surface area contributed by atoms with Crippen LogP contribution in [0.4, 0.5) is 0 Å². The molecule has 0 fully saturated rings. The molecule has 0 radical (unpaired) electrons. The van der Waals surface area contributed by atoms with Crippen LogP contribution >= 0.6 is 0 Å². The number of hydrogen-bond acceptors (Lipinski definition) is 4. The van der Waals surface area contributed by atoms with Gasteiger partial charge in [0.2, 0.25) is 5.91 Å². The second-order valence-electron chi connectivity index (χ2n) is 5.09. The van der Waals surface area contributed by atoms with Crippen molar-refractivity contribution in [3.05, 3.63) is 0 Å². The van der Waals surface area contributed by atoms with Gasteiger partial charge in [-0.3, -0.25) is 9.59 Å². The number of aliphatic hydroxyl groups is 1. The van der Waals surface area contributed by atoms with Crippen molar-refractivity contribution < 1.29 is 24.5 Å². The molecule has 0 aliphatic heterocycles. The Kier molecular flexibility index (Phi) is 8.34. The molecule has 19 heavy (non-hydrogen) atoms. The molecule has 1 amide bonds. The Morgan fingerprint density at radius 2 is 1.95 bits per heavy atom. The molecule has 0 aromatic rings. The van der Waals surface area contributed by atoms with Gasteiger partial charge in [-0.25, -0.2) is 0 Å². The SMILES string of the molecule is CC(C)C(C)(CC(=O)NCCCOCCO)C(=O)O. The quantitative estimate of drug-likeness (QED) is 0.508. The maximum atomic E-state index is 11.7. The van der Waals surface area contributed by atoms with Gasteiger partial charge in [-0.2, -0.15) is 0 Å². The molecule has 6 nitrogen and oxygen atoms in total. The minimum atomic E-state index is -1.04. The van der Waals surface area contributed by atoms with Crippen LogP contribution in [0.3, 0.4) is 0 Å². The van der Waals surface area contributed by atoms with Crippen LogP contribution in [0, 0.1) is 11.3 Å². The summed E-state index contributed by atoms with van der Waals surface area (Å²) in [6.07, 6.45) is 0.606. The van der Waals surface area contributed by atoms with Crippen molar-refractivity contribution in [3.63, 3.8) is 0 Å². The molecule has 0 aromatic heterocycles. The molecular formula is C13H25NO5. The highest BCUT2D eigenvalue weighted by atomic mass is 16.5. The molecule has 0 saturated carbocycles. The third kappa shape index (κ3) is 6.54. The fourth-order valence-electron chi connectivity index (χ4n) is 1.49. The van der Waals surface area contributed by atoms with Crippen molar-refractivity contribution in [1.29, 1.82) is 0 Å². The molecule has 1 unspecified atom stereocenters. The number of ether oxygens (including phenoxy) is 1. The van der Waals surface area contributed by atoms with Crippen LogP contribution < -0.4 is 5.32 Å². The van der Waals surface area contributed by atoms with Gasteiger partial charge in [-0.15, -0.1) is 0 Å². The zero-order valence-electron chi connectivity index (χ0n) is 11.9. The Balaban J connectivity index is 3.99. The molecule has 0 spiro atoms. The Bertz CT molecular complexity index is 293. The average Bonchev–Trinajstić information content (AvgIpc) is 2.32. The molecule has 0 bridgehead atoms. The molecule has 3 N–H and O–H groups in total. The van der Waals surface area contributed by atoms with Crippen molar-refractivity contribution in [2.24, 2.45) is 11.3 Å². The summed E-state index contributed by atoms with van der Waals surface area (Å²) < 4.78 is 5.05. The lowest BCUT2D eigenvalue weighted by Crippen LogP contribution is -2.39. The van der Waals surface area contributed by atoms with Crippen LogP contribution in [0.25, 0.3) is 0 Å². The van der Waals surface area contributed by atoms with Gasteiger partial charge in [0.25, 0.3) is 0 Å². The first-order valence-electron chi connectivity index (χ1n) is 6.53. The second kappa shape index (κ2) is 8.87.